The van der Waals surface area contributed by atoms with Crippen molar-refractivity contribution >= 4 is 39.1 Å². The Labute approximate surface area is 174 Å². The van der Waals surface area contributed by atoms with Crippen molar-refractivity contribution in [1.29, 1.82) is 0 Å². The van der Waals surface area contributed by atoms with Crippen molar-refractivity contribution in [3.05, 3.63) is 70.6 Å². The van der Waals surface area contributed by atoms with Crippen LogP contribution in [0.4, 0.5) is 18.9 Å². The molecule has 3 rings (SSSR count). The number of hydrogen-bond donors (Lipinski definition) is 1. The SMILES string of the molecule is CN1C(C(=O)Nc2ccc(F)c(Cl)c2)=CC(c2cccc(OC(F)F)c2)=NS1(=O)=O. The molecule has 1 aliphatic rings. The van der Waals surface area contributed by atoms with E-state index in [0.717, 1.165) is 25.2 Å². The summed E-state index contributed by atoms with van der Waals surface area (Å²) in [5.74, 6) is -1.73. The molecule has 0 bridgehead atoms. The largest absolute Gasteiger partial charge is 0.435 e. The van der Waals surface area contributed by atoms with Crippen LogP contribution in [0.2, 0.25) is 5.02 Å². The first-order valence-electron chi connectivity index (χ1n) is 8.19. The fraction of sp³-hybridized carbons (Fsp3) is 0.111. The van der Waals surface area contributed by atoms with E-state index in [9.17, 15) is 26.4 Å². The number of likely N-dealkylation sites (N-methyl/N-ethyl adjacent to an activating group) is 1. The summed E-state index contributed by atoms with van der Waals surface area (Å²) in [6.45, 7) is -3.07. The van der Waals surface area contributed by atoms with Crippen molar-refractivity contribution in [2.24, 2.45) is 4.40 Å². The molecule has 1 N–H and O–H groups in total. The highest BCUT2D eigenvalue weighted by atomic mass is 35.5. The first-order valence-corrected chi connectivity index (χ1v) is 9.96. The Balaban J connectivity index is 1.96. The number of nitrogens with zero attached hydrogens (tertiary/aromatic N) is 2. The number of halogens is 4. The number of allylic oxidation sites excluding steroid dienone is 1. The van der Waals surface area contributed by atoms with Gasteiger partial charge >= 0.3 is 16.8 Å². The Kier molecular flexibility index (Phi) is 6.04. The van der Waals surface area contributed by atoms with Crippen LogP contribution in [-0.2, 0) is 15.0 Å². The maximum absolute atomic E-state index is 13.3. The van der Waals surface area contributed by atoms with E-state index in [4.69, 9.17) is 11.6 Å². The number of ether oxygens (including phenoxy) is 1. The van der Waals surface area contributed by atoms with Crippen LogP contribution in [0.5, 0.6) is 5.75 Å². The Bertz CT molecular complexity index is 1170. The molecule has 7 nitrogen and oxygen atoms in total. The molecule has 30 heavy (non-hydrogen) atoms. The van der Waals surface area contributed by atoms with E-state index in [1.54, 1.807) is 0 Å². The second-order valence-corrected chi connectivity index (χ2v) is 7.97. The summed E-state index contributed by atoms with van der Waals surface area (Å²) in [6, 6.07) is 8.66. The molecule has 0 spiro atoms. The molecule has 1 heterocycles. The number of benzene rings is 2. The Morgan fingerprint density at radius 3 is 2.63 bits per heavy atom. The lowest BCUT2D eigenvalue weighted by Gasteiger charge is -2.23. The molecule has 0 aliphatic carbocycles. The van der Waals surface area contributed by atoms with E-state index >= 15 is 0 Å². The van der Waals surface area contributed by atoms with Crippen molar-refractivity contribution < 1.29 is 31.1 Å². The predicted octanol–water partition coefficient (Wildman–Crippen LogP) is 3.58. The molecule has 158 valence electrons. The Hall–Kier alpha value is -3.05. The van der Waals surface area contributed by atoms with E-state index in [-0.39, 0.29) is 33.4 Å². The Morgan fingerprint density at radius 2 is 1.97 bits per heavy atom. The first-order chi connectivity index (χ1) is 14.1. The van der Waals surface area contributed by atoms with Gasteiger partial charge in [0.05, 0.1) is 10.7 Å². The first kappa shape index (κ1) is 21.7. The molecule has 0 aromatic heterocycles. The standard InChI is InChI=1S/C18H13ClF3N3O4S/c1-25-16(17(26)23-11-5-6-14(20)13(19)8-11)9-15(24-30(25,27)28)10-3-2-4-12(7-10)29-18(21)22/h2-9,18H,1H3,(H,23,26). The molecule has 0 fully saturated rings. The van der Waals surface area contributed by atoms with Gasteiger partial charge in [0.1, 0.15) is 17.3 Å². The summed E-state index contributed by atoms with van der Waals surface area (Å²) in [7, 11) is -3.16. The molecular weight excluding hydrogens is 447 g/mol. The van der Waals surface area contributed by atoms with Crippen LogP contribution in [0, 0.1) is 5.82 Å². The van der Waals surface area contributed by atoms with Crippen LogP contribution in [0.25, 0.3) is 0 Å². The molecular formula is C18H13ClF3N3O4S. The summed E-state index contributed by atoms with van der Waals surface area (Å²) < 4.78 is 71.5. The smallest absolute Gasteiger partial charge is 0.387 e. The van der Waals surface area contributed by atoms with Gasteiger partial charge < -0.3 is 10.1 Å². The number of nitrogens with one attached hydrogen (secondary N) is 1. The predicted molar refractivity (Wildman–Crippen MR) is 104 cm³/mol. The highest BCUT2D eigenvalue weighted by Crippen LogP contribution is 2.25. The summed E-state index contributed by atoms with van der Waals surface area (Å²) >= 11 is 5.68. The normalized spacial score (nSPS) is 15.5. The summed E-state index contributed by atoms with van der Waals surface area (Å²) in [5, 5.41) is 2.18. The summed E-state index contributed by atoms with van der Waals surface area (Å²) in [4.78, 5) is 12.7. The molecule has 1 aliphatic heterocycles. The fourth-order valence-corrected chi connectivity index (χ4v) is 3.60. The molecule has 12 heteroatoms. The number of carbonyl (C=O) groups is 1. The second kappa shape index (κ2) is 8.36. The van der Waals surface area contributed by atoms with Crippen molar-refractivity contribution in [2.75, 3.05) is 12.4 Å². The van der Waals surface area contributed by atoms with E-state index < -0.39 is 28.5 Å². The third-order valence-corrected chi connectivity index (χ3v) is 5.54. The molecule has 0 unspecified atom stereocenters. The highest BCUT2D eigenvalue weighted by Gasteiger charge is 2.30. The molecule has 0 saturated carbocycles. The van der Waals surface area contributed by atoms with Crippen LogP contribution in [-0.4, -0.2) is 38.0 Å². The van der Waals surface area contributed by atoms with Gasteiger partial charge in [-0.15, -0.1) is 4.40 Å². The minimum absolute atomic E-state index is 0.134. The van der Waals surface area contributed by atoms with Gasteiger partial charge in [0, 0.05) is 18.3 Å². The lowest BCUT2D eigenvalue weighted by atomic mass is 10.1. The van der Waals surface area contributed by atoms with Gasteiger partial charge in [-0.1, -0.05) is 23.7 Å². The molecule has 0 saturated heterocycles. The third-order valence-electron chi connectivity index (χ3n) is 3.94. The zero-order valence-corrected chi connectivity index (χ0v) is 16.7. The summed E-state index contributed by atoms with van der Waals surface area (Å²) in [6.07, 6.45) is 1.17. The highest BCUT2D eigenvalue weighted by molar-refractivity contribution is 7.88. The number of anilines is 1. The number of hydrogen-bond acceptors (Lipinski definition) is 4. The average molecular weight is 460 g/mol. The second-order valence-electron chi connectivity index (χ2n) is 5.94. The van der Waals surface area contributed by atoms with Crippen molar-refractivity contribution in [3.8, 4) is 5.75 Å². The lowest BCUT2D eigenvalue weighted by Crippen LogP contribution is -2.35. The number of alkyl halides is 2. The molecule has 1 amide bonds. The van der Waals surface area contributed by atoms with E-state index in [0.29, 0.717) is 4.31 Å². The van der Waals surface area contributed by atoms with Gasteiger partial charge in [0.2, 0.25) is 0 Å². The van der Waals surface area contributed by atoms with Crippen molar-refractivity contribution in [1.82, 2.24) is 4.31 Å². The number of rotatable bonds is 5. The zero-order valence-electron chi connectivity index (χ0n) is 15.1. The van der Waals surface area contributed by atoms with Crippen molar-refractivity contribution in [3.63, 3.8) is 0 Å². The maximum Gasteiger partial charge on any atom is 0.387 e. The van der Waals surface area contributed by atoms with Gasteiger partial charge in [-0.3, -0.25) is 4.79 Å². The maximum atomic E-state index is 13.3. The summed E-state index contributed by atoms with van der Waals surface area (Å²) in [5.41, 5.74) is -0.190. The van der Waals surface area contributed by atoms with Gasteiger partial charge in [-0.05, 0) is 36.4 Å². The van der Waals surface area contributed by atoms with Gasteiger partial charge in [0.15, 0.2) is 0 Å². The van der Waals surface area contributed by atoms with E-state index in [2.05, 4.69) is 14.5 Å². The monoisotopic (exact) mass is 459 g/mol. The van der Waals surface area contributed by atoms with E-state index in [1.165, 1.54) is 30.3 Å². The van der Waals surface area contributed by atoms with Crippen LogP contribution < -0.4 is 10.1 Å². The van der Waals surface area contributed by atoms with Crippen LogP contribution >= 0.6 is 11.6 Å². The zero-order chi connectivity index (χ0) is 22.1. The fourth-order valence-electron chi connectivity index (χ4n) is 2.50. The lowest BCUT2D eigenvalue weighted by molar-refractivity contribution is -0.113. The number of amides is 1. The van der Waals surface area contributed by atoms with Gasteiger partial charge in [0.25, 0.3) is 5.91 Å². The molecule has 0 radical (unpaired) electrons. The molecule has 0 atom stereocenters. The van der Waals surface area contributed by atoms with Crippen LogP contribution in [0.3, 0.4) is 0 Å². The van der Waals surface area contributed by atoms with Crippen molar-refractivity contribution in [2.45, 2.75) is 6.61 Å². The minimum atomic E-state index is -4.28. The van der Waals surface area contributed by atoms with Crippen LogP contribution in [0.1, 0.15) is 5.56 Å². The number of carbonyl (C=O) groups excluding carboxylic acids is 1. The van der Waals surface area contributed by atoms with Gasteiger partial charge in [-0.2, -0.15) is 17.2 Å². The molecule has 2 aromatic rings. The quantitative estimate of drug-likeness (QED) is 0.740. The molecule has 2 aromatic carbocycles. The van der Waals surface area contributed by atoms with Gasteiger partial charge in [-0.25, -0.2) is 8.70 Å². The van der Waals surface area contributed by atoms with Crippen LogP contribution in [0.15, 0.2) is 58.6 Å². The average Bonchev–Trinajstić information content (AvgIpc) is 2.66. The Morgan fingerprint density at radius 1 is 1.23 bits per heavy atom. The topological polar surface area (TPSA) is 88.1 Å². The van der Waals surface area contributed by atoms with E-state index in [1.807, 2.05) is 0 Å². The minimum Gasteiger partial charge on any atom is -0.435 e. The third kappa shape index (κ3) is 4.74.